The van der Waals surface area contributed by atoms with Crippen molar-refractivity contribution in [1.82, 2.24) is 25.3 Å². The fourth-order valence-electron chi connectivity index (χ4n) is 4.89. The van der Waals surface area contributed by atoms with Crippen LogP contribution in [0.25, 0.3) is 32.4 Å². The monoisotopic (exact) mass is 479 g/mol. The molecule has 0 saturated carbocycles. The first-order valence-electron chi connectivity index (χ1n) is 10.7. The van der Waals surface area contributed by atoms with Crippen LogP contribution in [0.4, 0.5) is 19.7 Å². The van der Waals surface area contributed by atoms with E-state index < -0.39 is 11.6 Å². The van der Waals surface area contributed by atoms with Crippen LogP contribution in [0.3, 0.4) is 0 Å². The van der Waals surface area contributed by atoms with Gasteiger partial charge in [-0.3, -0.25) is 0 Å². The molecule has 2 fully saturated rings. The zero-order valence-electron chi connectivity index (χ0n) is 18.1. The number of nitrogens with two attached hydrogens (primary N) is 1. The summed E-state index contributed by atoms with van der Waals surface area (Å²) in [5.74, 6) is 1.85. The van der Waals surface area contributed by atoms with Gasteiger partial charge in [0.05, 0.1) is 22.7 Å². The molecule has 0 spiro atoms. The molecule has 2 atom stereocenters. The summed E-state index contributed by atoms with van der Waals surface area (Å²) >= 11 is 0.983. The Balaban J connectivity index is 1.62. The number of fused-ring (bicyclic) bond motifs is 4. The molecule has 6 rings (SSSR count). The topological polar surface area (TPSA) is 102 Å². The van der Waals surface area contributed by atoms with E-state index in [2.05, 4.69) is 36.1 Å². The van der Waals surface area contributed by atoms with E-state index >= 15 is 4.39 Å². The Morgan fingerprint density at radius 1 is 1.15 bits per heavy atom. The van der Waals surface area contributed by atoms with Crippen LogP contribution in [0.15, 0.2) is 12.1 Å². The third-order valence-corrected chi connectivity index (χ3v) is 7.24. The molecule has 0 amide bonds. The molecule has 5 heterocycles. The van der Waals surface area contributed by atoms with E-state index in [-0.39, 0.29) is 43.8 Å². The molecule has 2 saturated heterocycles. The number of pyridine rings is 1. The Morgan fingerprint density at radius 2 is 1.91 bits per heavy atom. The second-order valence-electron chi connectivity index (χ2n) is 8.39. The van der Waals surface area contributed by atoms with Gasteiger partial charge in [-0.1, -0.05) is 11.3 Å². The lowest BCUT2D eigenvalue weighted by Crippen LogP contribution is -2.51. The lowest BCUT2D eigenvalue weighted by Gasteiger charge is -2.34. The van der Waals surface area contributed by atoms with Gasteiger partial charge in [-0.2, -0.15) is 9.97 Å². The summed E-state index contributed by atoms with van der Waals surface area (Å²) in [6, 6.07) is 3.32. The summed E-state index contributed by atoms with van der Waals surface area (Å²) in [6.45, 7) is 1.41. The van der Waals surface area contributed by atoms with E-state index in [0.717, 1.165) is 24.2 Å². The molecule has 8 nitrogen and oxygen atoms in total. The molecule has 1 aromatic carbocycles. The van der Waals surface area contributed by atoms with Gasteiger partial charge in [0, 0.05) is 30.7 Å². The van der Waals surface area contributed by atoms with E-state index in [4.69, 9.17) is 16.9 Å². The molecule has 0 aliphatic carbocycles. The predicted molar refractivity (Wildman–Crippen MR) is 127 cm³/mol. The van der Waals surface area contributed by atoms with Gasteiger partial charge in [0.1, 0.15) is 28.5 Å². The molecule has 11 heteroatoms. The summed E-state index contributed by atoms with van der Waals surface area (Å²) in [5, 5.41) is 4.08. The minimum Gasteiger partial charge on any atom is -0.467 e. The number of rotatable bonds is 3. The molecule has 0 radical (unpaired) electrons. The number of terminal acetylenes is 1. The lowest BCUT2D eigenvalue weighted by molar-refractivity contribution is 0.380. The van der Waals surface area contributed by atoms with Crippen LogP contribution in [-0.4, -0.2) is 52.2 Å². The van der Waals surface area contributed by atoms with Gasteiger partial charge < -0.3 is 20.7 Å². The quantitative estimate of drug-likeness (QED) is 0.433. The number of nitrogens with one attached hydrogen (secondary N) is 1. The highest BCUT2D eigenvalue weighted by Crippen LogP contribution is 2.39. The molecule has 2 unspecified atom stereocenters. The van der Waals surface area contributed by atoms with Gasteiger partial charge in [0.2, 0.25) is 0 Å². The first-order chi connectivity index (χ1) is 16.5. The molecule has 34 heavy (non-hydrogen) atoms. The minimum absolute atomic E-state index is 0.00800. The number of aromatic nitrogens is 4. The van der Waals surface area contributed by atoms with Crippen molar-refractivity contribution in [3.63, 3.8) is 0 Å². The first kappa shape index (κ1) is 20.9. The van der Waals surface area contributed by atoms with Crippen LogP contribution >= 0.6 is 11.3 Å². The van der Waals surface area contributed by atoms with E-state index in [1.807, 2.05) is 0 Å². The van der Waals surface area contributed by atoms with Crippen LogP contribution in [0.1, 0.15) is 18.5 Å². The molecule has 3 aromatic heterocycles. The van der Waals surface area contributed by atoms with Crippen LogP contribution in [0.5, 0.6) is 6.01 Å². The van der Waals surface area contributed by atoms with E-state index in [1.165, 1.54) is 19.2 Å². The number of hydrogen-bond donors (Lipinski definition) is 2. The van der Waals surface area contributed by atoms with E-state index in [9.17, 15) is 4.39 Å². The SMILES string of the molecule is C#Cc1nc(-c2ccc(F)c3sc(N)nc23)c(F)c2nc(OC)nc(N3CC4CCC(C3)N4)c12. The number of methoxy groups -OCH3 is 1. The molecular formula is C23H19F2N7OS. The number of nitrogens with zero attached hydrogens (tertiary/aromatic N) is 5. The predicted octanol–water partition coefficient (Wildman–Crippen LogP) is 3.09. The second-order valence-corrected chi connectivity index (χ2v) is 9.42. The highest BCUT2D eigenvalue weighted by molar-refractivity contribution is 7.22. The van der Waals surface area contributed by atoms with Crippen molar-refractivity contribution in [2.75, 3.05) is 30.8 Å². The van der Waals surface area contributed by atoms with E-state index in [0.29, 0.717) is 36.4 Å². The third-order valence-electron chi connectivity index (χ3n) is 6.35. The molecule has 4 aromatic rings. The first-order valence-corrected chi connectivity index (χ1v) is 11.6. The van der Waals surface area contributed by atoms with Crippen molar-refractivity contribution >= 4 is 43.4 Å². The Kier molecular flexibility index (Phi) is 4.75. The number of thiazole rings is 1. The van der Waals surface area contributed by atoms with Crippen molar-refractivity contribution in [2.24, 2.45) is 0 Å². The Hall–Kier alpha value is -3.62. The molecule has 2 aliphatic heterocycles. The van der Waals surface area contributed by atoms with Crippen LogP contribution in [-0.2, 0) is 0 Å². The fourth-order valence-corrected chi connectivity index (χ4v) is 5.65. The van der Waals surface area contributed by atoms with Crippen molar-refractivity contribution < 1.29 is 13.5 Å². The largest absolute Gasteiger partial charge is 0.467 e. The Labute approximate surface area is 197 Å². The summed E-state index contributed by atoms with van der Waals surface area (Å²) in [7, 11) is 1.43. The van der Waals surface area contributed by atoms with Gasteiger partial charge in [-0.25, -0.2) is 18.7 Å². The van der Waals surface area contributed by atoms with Crippen LogP contribution in [0, 0.1) is 24.0 Å². The van der Waals surface area contributed by atoms with Crippen molar-refractivity contribution in [1.29, 1.82) is 0 Å². The highest BCUT2D eigenvalue weighted by atomic mass is 32.1. The van der Waals surface area contributed by atoms with Gasteiger partial charge in [0.25, 0.3) is 0 Å². The summed E-state index contributed by atoms with van der Waals surface area (Å²) in [4.78, 5) is 19.6. The smallest absolute Gasteiger partial charge is 0.318 e. The average Bonchev–Trinajstić information content (AvgIpc) is 3.40. The van der Waals surface area contributed by atoms with Crippen LogP contribution < -0.4 is 20.7 Å². The zero-order chi connectivity index (χ0) is 23.6. The average molecular weight is 480 g/mol. The van der Waals surface area contributed by atoms with Crippen LogP contribution in [0.2, 0.25) is 0 Å². The number of piperazine rings is 1. The van der Waals surface area contributed by atoms with Gasteiger partial charge >= 0.3 is 6.01 Å². The normalized spacial score (nSPS) is 19.6. The maximum Gasteiger partial charge on any atom is 0.318 e. The number of ether oxygens (including phenoxy) is 1. The molecular weight excluding hydrogens is 460 g/mol. The molecule has 3 N–H and O–H groups in total. The summed E-state index contributed by atoms with van der Waals surface area (Å²) < 4.78 is 35.9. The molecule has 172 valence electrons. The van der Waals surface area contributed by atoms with Gasteiger partial charge in [-0.15, -0.1) is 6.42 Å². The maximum atomic E-state index is 16.1. The summed E-state index contributed by atoms with van der Waals surface area (Å²) in [5.41, 5.74) is 6.40. The number of benzene rings is 1. The van der Waals surface area contributed by atoms with Crippen molar-refractivity contribution in [2.45, 2.75) is 24.9 Å². The van der Waals surface area contributed by atoms with Gasteiger partial charge in [0.15, 0.2) is 10.9 Å². The zero-order valence-corrected chi connectivity index (χ0v) is 18.9. The molecule has 2 aliphatic rings. The molecule has 2 bridgehead atoms. The van der Waals surface area contributed by atoms with Crippen molar-refractivity contribution in [3.8, 4) is 29.6 Å². The lowest BCUT2D eigenvalue weighted by atomic mass is 10.1. The standard InChI is InChI=1S/C23H19F2N7OS/c1-3-14-15-19(30-23(33-2)31-21(15)32-8-10-4-5-11(9-32)27-10)16(25)17(28-14)12-6-7-13(24)20-18(12)29-22(26)34-20/h1,6-7,10-11,27H,4-5,8-9H2,2H3,(H2,26,29). The fraction of sp³-hybridized carbons (Fsp3) is 0.304. The highest BCUT2D eigenvalue weighted by Gasteiger charge is 2.35. The summed E-state index contributed by atoms with van der Waals surface area (Å²) in [6.07, 6.45) is 7.98. The van der Waals surface area contributed by atoms with E-state index in [1.54, 1.807) is 0 Å². The Bertz CT molecular complexity index is 1500. The number of anilines is 2. The maximum absolute atomic E-state index is 16.1. The number of hydrogen-bond acceptors (Lipinski definition) is 9. The minimum atomic E-state index is -0.714. The number of nitrogen functional groups attached to an aromatic ring is 1. The van der Waals surface area contributed by atoms with Crippen molar-refractivity contribution in [3.05, 3.63) is 29.5 Å². The van der Waals surface area contributed by atoms with Gasteiger partial charge in [-0.05, 0) is 30.9 Å². The third kappa shape index (κ3) is 3.13. The number of halogens is 2. The second kappa shape index (κ2) is 7.72. The Morgan fingerprint density at radius 3 is 2.62 bits per heavy atom.